The molecule has 0 aliphatic rings. The number of rotatable bonds is 31. The molecule has 8 aromatic carbocycles. The summed E-state index contributed by atoms with van der Waals surface area (Å²) in [5, 5.41) is 0.533. The Kier molecular flexibility index (Phi) is 33.5. The van der Waals surface area contributed by atoms with E-state index in [-0.39, 0.29) is 84.8 Å². The first-order chi connectivity index (χ1) is 58.8. The molecule has 636 valence electrons. The highest BCUT2D eigenvalue weighted by Gasteiger charge is 2.27. The topological polar surface area (TPSA) is 262 Å². The van der Waals surface area contributed by atoms with Crippen molar-refractivity contribution in [2.45, 2.75) is 53.9 Å². The molecule has 122 heavy (non-hydrogen) atoms. The summed E-state index contributed by atoms with van der Waals surface area (Å²) in [7, 11) is 13.8. The van der Waals surface area contributed by atoms with E-state index in [4.69, 9.17) is 77.9 Å². The number of anilines is 4. The highest BCUT2D eigenvalue weighted by molar-refractivity contribution is 6.30. The van der Waals surface area contributed by atoms with Crippen molar-refractivity contribution in [2.24, 2.45) is 0 Å². The number of hydrogen-bond donors (Lipinski definition) is 0. The van der Waals surface area contributed by atoms with Crippen LogP contribution < -0.4 is 85.9 Å². The average molecular weight is 1700 g/mol. The van der Waals surface area contributed by atoms with Crippen LogP contribution in [0.25, 0.3) is 0 Å². The summed E-state index contributed by atoms with van der Waals surface area (Å²) >= 11 is 5.90. The van der Waals surface area contributed by atoms with Crippen LogP contribution in [0.15, 0.2) is 225 Å². The van der Waals surface area contributed by atoms with Crippen molar-refractivity contribution in [3.05, 3.63) is 276 Å². The Hall–Kier alpha value is -14.6. The van der Waals surface area contributed by atoms with Gasteiger partial charge in [-0.15, -0.1) is 0 Å². The number of halogens is 6. The SMILES string of the molecule is COc1ccc(OC)c(CN(C(C)=O)c2ccc(F)nc2Oc2ccc(Cl)cc2)c1.COc1ccc(OC)c(CN(C(C)=O)c2ccc(F)nc2Oc2ccccc2)c1.COc1ccc(Oc2nc(F)ccc2N(Cc2cc(OC)ccc2OC)C(C)=O)cc1.COc1ccc(Oc2ncccc2N(Cc2cc(OC)ccc2OCF)C(C)=O)c(F)c1. The van der Waals surface area contributed by atoms with Gasteiger partial charge < -0.3 is 85.9 Å². The zero-order chi connectivity index (χ0) is 87.9. The molecule has 32 heteroatoms. The lowest BCUT2D eigenvalue weighted by atomic mass is 10.1. The van der Waals surface area contributed by atoms with Crippen molar-refractivity contribution in [2.75, 3.05) is 90.4 Å². The van der Waals surface area contributed by atoms with E-state index < -0.39 is 30.5 Å². The van der Waals surface area contributed by atoms with Crippen LogP contribution in [0, 0.1) is 23.7 Å². The molecule has 0 N–H and O–H groups in total. The lowest BCUT2D eigenvalue weighted by molar-refractivity contribution is -0.117. The molecule has 4 amide bonds. The largest absolute Gasteiger partial charge is 0.497 e. The maximum absolute atomic E-state index is 14.4. The van der Waals surface area contributed by atoms with Gasteiger partial charge in [0.1, 0.15) is 97.5 Å². The Morgan fingerprint density at radius 2 is 0.615 bits per heavy atom. The molecule has 0 fully saturated rings. The van der Waals surface area contributed by atoms with Crippen molar-refractivity contribution in [1.82, 2.24) is 19.9 Å². The van der Waals surface area contributed by atoms with E-state index in [2.05, 4.69) is 19.9 Å². The standard InChI is InChI=1S/C23H22F2N2O5.C23H23FN2O5.C22H20ClFN2O4.C22H21FN2O4/c1-15(28)27(13-16-11-17(29-2)6-8-21(16)31-14-24)20-5-4-10-26-23(20)32-22-9-7-18(30-3)12-19(22)25;1-15(27)26(14-16-13-19(29-3)9-11-21(16)30-4)20-10-12-22(24)25-23(20)31-18-7-5-17(28-2)6-8-18;1-14(27)26(13-15-12-18(28-2)8-10-20(15)29-3)19-9-11-21(24)25-22(19)30-17-6-4-16(23)5-7-17;1-15(26)25(14-16-13-18(27-2)9-11-20(16)28-3)19-10-12-21(23)24-22(19)29-17-7-5-4-6-8-17/h4-12H,13-14H2,1-3H3;5-13H,14H2,1-4H3;4-12H,13H2,1-3H3;4-13H,14H2,1-3H3. The quantitative estimate of drug-likeness (QED) is 0.0289. The van der Waals surface area contributed by atoms with Gasteiger partial charge in [-0.05, 0) is 194 Å². The normalized spacial score (nSPS) is 10.4. The molecule has 0 atom stereocenters. The van der Waals surface area contributed by atoms with E-state index in [0.29, 0.717) is 113 Å². The second-order valence-electron chi connectivity index (χ2n) is 25.5. The fourth-order valence-corrected chi connectivity index (χ4v) is 11.8. The summed E-state index contributed by atoms with van der Waals surface area (Å²) in [5.74, 6) is 2.53. The van der Waals surface area contributed by atoms with Crippen molar-refractivity contribution < 1.29 is 107 Å². The van der Waals surface area contributed by atoms with E-state index in [1.165, 1.54) is 123 Å². The Bertz CT molecular complexity index is 5540. The predicted octanol–water partition coefficient (Wildman–Crippen LogP) is 19.3. The van der Waals surface area contributed by atoms with Gasteiger partial charge in [0.15, 0.2) is 11.6 Å². The summed E-state index contributed by atoms with van der Waals surface area (Å²) in [6.07, 6.45) is 1.46. The molecule has 0 spiro atoms. The van der Waals surface area contributed by atoms with Gasteiger partial charge in [-0.25, -0.2) is 13.8 Å². The van der Waals surface area contributed by atoms with Crippen LogP contribution in [0.4, 0.5) is 44.7 Å². The number of amides is 4. The number of para-hydroxylation sites is 1. The number of benzene rings is 8. The zero-order valence-electron chi connectivity index (χ0n) is 68.6. The van der Waals surface area contributed by atoms with E-state index in [1.807, 2.05) is 6.07 Å². The molecule has 26 nitrogen and oxygen atoms in total. The van der Waals surface area contributed by atoms with Gasteiger partial charge in [0.2, 0.25) is 71.9 Å². The second kappa shape index (κ2) is 44.8. The lowest BCUT2D eigenvalue weighted by Gasteiger charge is -2.24. The number of ether oxygens (including phenoxy) is 14. The number of carbonyl (C=O) groups excluding carboxylic acids is 4. The summed E-state index contributed by atoms with van der Waals surface area (Å²) in [6.45, 7) is 5.01. The molecule has 0 aliphatic carbocycles. The first-order valence-corrected chi connectivity index (χ1v) is 37.3. The lowest BCUT2D eigenvalue weighted by Crippen LogP contribution is -2.28. The summed E-state index contributed by atoms with van der Waals surface area (Å²) in [6, 6.07) is 58.1. The molecule has 4 heterocycles. The minimum absolute atomic E-state index is 0.00624. The molecule has 0 radical (unpaired) electrons. The summed E-state index contributed by atoms with van der Waals surface area (Å²) in [5.41, 5.74) is 3.89. The number of nitrogens with zero attached hydrogens (tertiary/aromatic N) is 8. The number of carbonyl (C=O) groups is 4. The molecular formula is C90H86ClF5N8O18. The highest BCUT2D eigenvalue weighted by Crippen LogP contribution is 2.41. The number of hydrogen-bond acceptors (Lipinski definition) is 22. The first kappa shape index (κ1) is 91.3. The Balaban J connectivity index is 0.000000185. The van der Waals surface area contributed by atoms with E-state index in [9.17, 15) is 41.1 Å². The third-order valence-electron chi connectivity index (χ3n) is 17.7. The third-order valence-corrected chi connectivity index (χ3v) is 18.0. The molecule has 12 rings (SSSR count). The zero-order valence-corrected chi connectivity index (χ0v) is 69.3. The maximum Gasteiger partial charge on any atom is 0.246 e. The molecular weight excluding hydrogens is 1610 g/mol. The monoisotopic (exact) mass is 1700 g/mol. The first-order valence-electron chi connectivity index (χ1n) is 36.9. The van der Waals surface area contributed by atoms with Gasteiger partial charge >= 0.3 is 0 Å². The summed E-state index contributed by atoms with van der Waals surface area (Å²) < 4.78 is 144. The number of pyridine rings is 4. The smallest absolute Gasteiger partial charge is 0.246 e. The van der Waals surface area contributed by atoms with Gasteiger partial charge in [-0.2, -0.15) is 28.1 Å². The van der Waals surface area contributed by atoms with Crippen molar-refractivity contribution >= 4 is 58.0 Å². The van der Waals surface area contributed by atoms with Crippen LogP contribution in [0.1, 0.15) is 49.9 Å². The third kappa shape index (κ3) is 25.2. The van der Waals surface area contributed by atoms with Crippen LogP contribution in [0.2, 0.25) is 5.02 Å². The minimum Gasteiger partial charge on any atom is -0.497 e. The van der Waals surface area contributed by atoms with Crippen LogP contribution in [0.3, 0.4) is 0 Å². The van der Waals surface area contributed by atoms with Crippen LogP contribution in [0.5, 0.6) is 104 Å². The van der Waals surface area contributed by atoms with Crippen LogP contribution in [-0.2, 0) is 45.4 Å². The molecule has 0 bridgehead atoms. The number of alkyl halides is 1. The molecule has 0 unspecified atom stereocenters. The molecule has 0 saturated heterocycles. The molecule has 0 aliphatic heterocycles. The fourth-order valence-electron chi connectivity index (χ4n) is 11.7. The van der Waals surface area contributed by atoms with E-state index in [1.54, 1.807) is 206 Å². The van der Waals surface area contributed by atoms with Crippen molar-refractivity contribution in [1.29, 1.82) is 0 Å². The molecule has 0 saturated carbocycles. The van der Waals surface area contributed by atoms with Crippen molar-refractivity contribution in [3.63, 3.8) is 0 Å². The van der Waals surface area contributed by atoms with Gasteiger partial charge in [0.05, 0.1) is 90.2 Å². The number of aromatic nitrogens is 4. The van der Waals surface area contributed by atoms with Gasteiger partial charge in [0.25, 0.3) is 0 Å². The Labute approximate surface area is 705 Å². The highest BCUT2D eigenvalue weighted by atomic mass is 35.5. The van der Waals surface area contributed by atoms with Crippen LogP contribution in [-0.4, -0.2) is 114 Å². The molecule has 12 aromatic rings. The van der Waals surface area contributed by atoms with E-state index in [0.717, 1.165) is 5.56 Å². The van der Waals surface area contributed by atoms with Gasteiger partial charge in [0, 0.05) is 67.2 Å². The van der Waals surface area contributed by atoms with E-state index >= 15 is 0 Å². The fraction of sp³-hybridized carbons (Fsp3) is 0.200. The second-order valence-corrected chi connectivity index (χ2v) is 26.0. The maximum atomic E-state index is 14.4. The summed E-state index contributed by atoms with van der Waals surface area (Å²) in [4.78, 5) is 71.4. The minimum atomic E-state index is -1.03. The van der Waals surface area contributed by atoms with Gasteiger partial charge in [-0.1, -0.05) is 29.8 Å². The Morgan fingerprint density at radius 3 is 0.951 bits per heavy atom. The predicted molar refractivity (Wildman–Crippen MR) is 447 cm³/mol. The Morgan fingerprint density at radius 1 is 0.311 bits per heavy atom. The van der Waals surface area contributed by atoms with Crippen LogP contribution >= 0.6 is 11.6 Å². The average Bonchev–Trinajstić information content (AvgIpc) is 0.835. The number of methoxy groups -OCH3 is 9. The molecule has 4 aromatic heterocycles. The van der Waals surface area contributed by atoms with Gasteiger partial charge in [-0.3, -0.25) is 19.2 Å². The van der Waals surface area contributed by atoms with Crippen molar-refractivity contribution in [3.8, 4) is 104 Å².